The van der Waals surface area contributed by atoms with Crippen molar-refractivity contribution in [3.05, 3.63) is 73.3 Å². The van der Waals surface area contributed by atoms with Gasteiger partial charge in [0.25, 0.3) is 0 Å². The molecule has 156 valence electrons. The fourth-order valence-corrected chi connectivity index (χ4v) is 1.84. The monoisotopic (exact) mass is 400 g/mol. The Kier molecular flexibility index (Phi) is 11.5. The number of phenolic OH excluding ortho intramolecular Hbond substituents is 1. The molecule has 0 aliphatic heterocycles. The summed E-state index contributed by atoms with van der Waals surface area (Å²) < 4.78 is 56.5. The van der Waals surface area contributed by atoms with Crippen molar-refractivity contribution >= 4 is 0 Å². The van der Waals surface area contributed by atoms with Crippen molar-refractivity contribution in [3.8, 4) is 11.5 Å². The highest BCUT2D eigenvalue weighted by Crippen LogP contribution is 2.27. The fourth-order valence-electron chi connectivity index (χ4n) is 1.84. The van der Waals surface area contributed by atoms with E-state index in [1.54, 1.807) is 13.8 Å². The van der Waals surface area contributed by atoms with E-state index in [9.17, 15) is 13.2 Å². The van der Waals surface area contributed by atoms with Crippen molar-refractivity contribution in [2.45, 2.75) is 20.0 Å². The number of ether oxygens (including phenoxy) is 3. The molecule has 0 spiro atoms. The lowest BCUT2D eigenvalue weighted by Gasteiger charge is -2.19. The standard InChI is InChI=1S/C19H23F3O4.C2H4/c1-11(13(3)18(21)19(22)14(4)24-5)9-25-12(2)10-26-17-7-6-15(23)8-16(17)20;1-2/h6-8,11-12,23H,3-4,9-10H2,1-2,5H3;1-2H2/b19-18-;. The largest absolute Gasteiger partial charge is 0.508 e. The molecule has 4 nitrogen and oxygen atoms in total. The van der Waals surface area contributed by atoms with Crippen LogP contribution in [0.5, 0.6) is 11.5 Å². The van der Waals surface area contributed by atoms with E-state index in [2.05, 4.69) is 31.1 Å². The number of methoxy groups -OCH3 is 1. The van der Waals surface area contributed by atoms with Crippen LogP contribution in [0.1, 0.15) is 13.8 Å². The van der Waals surface area contributed by atoms with Crippen LogP contribution in [-0.2, 0) is 9.47 Å². The molecule has 2 atom stereocenters. The summed E-state index contributed by atoms with van der Waals surface area (Å²) in [5.41, 5.74) is -0.0848. The minimum atomic E-state index is -1.21. The normalized spacial score (nSPS) is 13.4. The van der Waals surface area contributed by atoms with E-state index in [0.29, 0.717) is 0 Å². The van der Waals surface area contributed by atoms with E-state index in [0.717, 1.165) is 6.07 Å². The van der Waals surface area contributed by atoms with Crippen LogP contribution in [-0.4, -0.2) is 31.5 Å². The minimum Gasteiger partial charge on any atom is -0.508 e. The Morgan fingerprint density at radius 3 is 2.25 bits per heavy atom. The molecule has 0 aromatic heterocycles. The van der Waals surface area contributed by atoms with Crippen LogP contribution in [0.15, 0.2) is 67.5 Å². The van der Waals surface area contributed by atoms with Gasteiger partial charge in [-0.15, -0.1) is 13.2 Å². The van der Waals surface area contributed by atoms with Gasteiger partial charge in [-0.3, -0.25) is 0 Å². The minimum absolute atomic E-state index is 0.0233. The molecule has 0 bridgehead atoms. The van der Waals surface area contributed by atoms with Crippen molar-refractivity contribution < 1.29 is 32.5 Å². The van der Waals surface area contributed by atoms with Gasteiger partial charge in [-0.25, -0.2) is 8.78 Å². The van der Waals surface area contributed by atoms with Crippen LogP contribution in [0.25, 0.3) is 0 Å². The molecule has 0 aliphatic rings. The Bertz CT molecular complexity index is 701. The molecule has 0 saturated carbocycles. The van der Waals surface area contributed by atoms with E-state index in [1.807, 2.05) is 0 Å². The lowest BCUT2D eigenvalue weighted by molar-refractivity contribution is 0.0198. The highest BCUT2D eigenvalue weighted by molar-refractivity contribution is 5.33. The maximum absolute atomic E-state index is 14.0. The average molecular weight is 400 g/mol. The lowest BCUT2D eigenvalue weighted by Crippen LogP contribution is -2.22. The molecule has 1 N–H and O–H groups in total. The van der Waals surface area contributed by atoms with Gasteiger partial charge in [0.15, 0.2) is 23.2 Å². The topological polar surface area (TPSA) is 47.9 Å². The summed E-state index contributed by atoms with van der Waals surface area (Å²) in [4.78, 5) is 0. The molecule has 28 heavy (non-hydrogen) atoms. The van der Waals surface area contributed by atoms with Crippen LogP contribution < -0.4 is 4.74 Å². The van der Waals surface area contributed by atoms with Gasteiger partial charge >= 0.3 is 0 Å². The maximum atomic E-state index is 14.0. The first-order valence-electron chi connectivity index (χ1n) is 8.38. The first-order chi connectivity index (χ1) is 13.2. The van der Waals surface area contributed by atoms with E-state index >= 15 is 0 Å². The van der Waals surface area contributed by atoms with Crippen LogP contribution in [0, 0.1) is 11.7 Å². The lowest BCUT2D eigenvalue weighted by atomic mass is 10.0. The van der Waals surface area contributed by atoms with Gasteiger partial charge < -0.3 is 19.3 Å². The molecule has 1 aromatic rings. The van der Waals surface area contributed by atoms with Gasteiger partial charge in [0, 0.05) is 12.0 Å². The van der Waals surface area contributed by atoms with Crippen molar-refractivity contribution in [1.82, 2.24) is 0 Å². The third-order valence-electron chi connectivity index (χ3n) is 3.58. The van der Waals surface area contributed by atoms with Crippen molar-refractivity contribution in [3.63, 3.8) is 0 Å². The Hall–Kier alpha value is -2.67. The number of phenols is 1. The third-order valence-corrected chi connectivity index (χ3v) is 3.58. The molecule has 0 amide bonds. The fraction of sp³-hybridized carbons (Fsp3) is 0.333. The molecule has 1 rings (SSSR count). The zero-order valence-corrected chi connectivity index (χ0v) is 16.4. The van der Waals surface area contributed by atoms with Gasteiger partial charge in [-0.05, 0) is 24.6 Å². The Balaban J connectivity index is 0.00000352. The van der Waals surface area contributed by atoms with Crippen LogP contribution in [0.2, 0.25) is 0 Å². The van der Waals surface area contributed by atoms with Crippen molar-refractivity contribution in [1.29, 1.82) is 0 Å². The Labute approximate surface area is 164 Å². The molecular weight excluding hydrogens is 373 g/mol. The summed E-state index contributed by atoms with van der Waals surface area (Å²) in [7, 11) is 1.18. The predicted molar refractivity (Wildman–Crippen MR) is 104 cm³/mol. The van der Waals surface area contributed by atoms with Gasteiger partial charge in [-0.2, -0.15) is 4.39 Å². The average Bonchev–Trinajstić information content (AvgIpc) is 2.70. The molecule has 0 radical (unpaired) electrons. The van der Waals surface area contributed by atoms with E-state index in [-0.39, 0.29) is 30.3 Å². The zero-order chi connectivity index (χ0) is 21.9. The summed E-state index contributed by atoms with van der Waals surface area (Å²) in [6, 6.07) is 3.53. The SMILES string of the molecule is C=C.C=C(OC)/C(F)=C(/F)C(=C)C(C)COC(C)COc1ccc(O)cc1F. The van der Waals surface area contributed by atoms with Gasteiger partial charge in [0.1, 0.15) is 18.1 Å². The molecule has 7 heteroatoms. The van der Waals surface area contributed by atoms with E-state index in [1.165, 1.54) is 19.2 Å². The van der Waals surface area contributed by atoms with Gasteiger partial charge in [-0.1, -0.05) is 20.1 Å². The number of rotatable bonds is 10. The maximum Gasteiger partial charge on any atom is 0.200 e. The number of aromatic hydroxyl groups is 1. The second kappa shape index (κ2) is 12.7. The number of allylic oxidation sites excluding steroid dienone is 2. The van der Waals surface area contributed by atoms with Gasteiger partial charge in [0.05, 0.1) is 19.8 Å². The Morgan fingerprint density at radius 1 is 1.11 bits per heavy atom. The molecular formula is C21H27F3O4. The van der Waals surface area contributed by atoms with Crippen molar-refractivity contribution in [2.24, 2.45) is 5.92 Å². The highest BCUT2D eigenvalue weighted by atomic mass is 19.2. The molecule has 2 unspecified atom stereocenters. The molecule has 0 heterocycles. The zero-order valence-electron chi connectivity index (χ0n) is 16.4. The summed E-state index contributed by atoms with van der Waals surface area (Å²) in [5.74, 6) is -4.20. The first kappa shape index (κ1) is 25.3. The quantitative estimate of drug-likeness (QED) is 0.315. The summed E-state index contributed by atoms with van der Waals surface area (Å²) in [6.07, 6.45) is -0.440. The van der Waals surface area contributed by atoms with E-state index < -0.39 is 35.3 Å². The highest BCUT2D eigenvalue weighted by Gasteiger charge is 2.19. The van der Waals surface area contributed by atoms with Crippen molar-refractivity contribution in [2.75, 3.05) is 20.3 Å². The predicted octanol–water partition coefficient (Wildman–Crippen LogP) is 5.62. The number of benzene rings is 1. The first-order valence-corrected chi connectivity index (χ1v) is 8.38. The smallest absolute Gasteiger partial charge is 0.200 e. The number of halogens is 3. The van der Waals surface area contributed by atoms with Crippen LogP contribution >= 0.6 is 0 Å². The number of hydrogen-bond acceptors (Lipinski definition) is 4. The second-order valence-corrected chi connectivity index (χ2v) is 5.75. The molecule has 0 saturated heterocycles. The molecule has 0 aliphatic carbocycles. The third kappa shape index (κ3) is 7.92. The van der Waals surface area contributed by atoms with Crippen LogP contribution in [0.4, 0.5) is 13.2 Å². The number of hydrogen-bond donors (Lipinski definition) is 1. The molecule has 1 aromatic carbocycles. The second-order valence-electron chi connectivity index (χ2n) is 5.75. The van der Waals surface area contributed by atoms with E-state index in [4.69, 9.17) is 14.6 Å². The summed E-state index contributed by atoms with van der Waals surface area (Å²) >= 11 is 0. The molecule has 0 fully saturated rings. The summed E-state index contributed by atoms with van der Waals surface area (Å²) in [5, 5.41) is 9.14. The van der Waals surface area contributed by atoms with Crippen LogP contribution in [0.3, 0.4) is 0 Å². The Morgan fingerprint density at radius 2 is 1.71 bits per heavy atom. The summed E-state index contributed by atoms with van der Waals surface area (Å²) in [6.45, 7) is 16.2. The van der Waals surface area contributed by atoms with Gasteiger partial charge in [0.2, 0.25) is 0 Å².